The summed E-state index contributed by atoms with van der Waals surface area (Å²) >= 11 is 0. The van der Waals surface area contributed by atoms with Gasteiger partial charge in [-0.25, -0.2) is 0 Å². The first-order chi connectivity index (χ1) is 11.5. The average molecular weight is 347 g/mol. The van der Waals surface area contributed by atoms with Gasteiger partial charge in [0.2, 0.25) is 0 Å². The predicted molar refractivity (Wildman–Crippen MR) is 100 cm³/mol. The van der Waals surface area contributed by atoms with Gasteiger partial charge in [0.1, 0.15) is 5.75 Å². The van der Waals surface area contributed by atoms with Gasteiger partial charge in [-0.1, -0.05) is 19.1 Å². The molecule has 138 valence electrons. The molecule has 1 aromatic carbocycles. The lowest BCUT2D eigenvalue weighted by Gasteiger charge is -2.32. The molecule has 6 heteroatoms. The zero-order valence-corrected chi connectivity index (χ0v) is 16.4. The number of ether oxygens (including phenoxy) is 1. The highest BCUT2D eigenvalue weighted by Gasteiger charge is 2.51. The van der Waals surface area contributed by atoms with E-state index in [1.165, 1.54) is 0 Å². The van der Waals surface area contributed by atoms with Crippen LogP contribution in [0, 0.1) is 0 Å². The third kappa shape index (κ3) is 4.76. The van der Waals surface area contributed by atoms with Crippen LogP contribution in [0.3, 0.4) is 0 Å². The molecule has 1 aliphatic rings. The van der Waals surface area contributed by atoms with Crippen LogP contribution in [0.25, 0.3) is 0 Å². The summed E-state index contributed by atoms with van der Waals surface area (Å²) in [4.78, 5) is 12.0. The predicted octanol–water partition coefficient (Wildman–Crippen LogP) is 2.67. The summed E-state index contributed by atoms with van der Waals surface area (Å²) in [7, 11) is -0.443. The first-order valence-corrected chi connectivity index (χ1v) is 8.85. The Morgan fingerprint density at radius 2 is 1.80 bits per heavy atom. The molecule has 1 aliphatic heterocycles. The molecule has 0 atom stereocenters. The van der Waals surface area contributed by atoms with E-state index in [1.807, 2.05) is 72.7 Å². The monoisotopic (exact) mass is 347 g/mol. The van der Waals surface area contributed by atoms with Gasteiger partial charge in [0.15, 0.2) is 6.61 Å². The zero-order chi connectivity index (χ0) is 18.9. The van der Waals surface area contributed by atoms with Crippen molar-refractivity contribution in [1.82, 2.24) is 5.32 Å². The summed E-state index contributed by atoms with van der Waals surface area (Å²) in [5, 5.41) is 2.95. The minimum absolute atomic E-state index is 0.0176. The topological polar surface area (TPSA) is 56.8 Å². The van der Waals surface area contributed by atoms with Crippen molar-refractivity contribution >= 4 is 18.5 Å². The molecule has 1 fully saturated rings. The molecule has 1 N–H and O–H groups in total. The van der Waals surface area contributed by atoms with Gasteiger partial charge in [0, 0.05) is 5.54 Å². The lowest BCUT2D eigenvalue weighted by Crippen LogP contribution is -2.45. The van der Waals surface area contributed by atoms with Gasteiger partial charge in [-0.15, -0.1) is 0 Å². The molecule has 1 aromatic rings. The Labute approximate surface area is 151 Å². The number of benzene rings is 1. The number of nitrogens with one attached hydrogen (secondary N) is 1. The van der Waals surface area contributed by atoms with E-state index in [4.69, 9.17) is 14.0 Å². The normalized spacial score (nSPS) is 18.9. The number of amides is 1. The highest BCUT2D eigenvalue weighted by Crippen LogP contribution is 2.36. The van der Waals surface area contributed by atoms with Crippen LogP contribution in [-0.2, 0) is 14.1 Å². The Balaban J connectivity index is 2.00. The largest absolute Gasteiger partial charge is 0.494 e. The van der Waals surface area contributed by atoms with Crippen molar-refractivity contribution in [1.29, 1.82) is 0 Å². The Morgan fingerprint density at radius 3 is 2.36 bits per heavy atom. The van der Waals surface area contributed by atoms with Gasteiger partial charge in [0.05, 0.1) is 11.2 Å². The number of carbonyl (C=O) groups is 1. The fourth-order valence-corrected chi connectivity index (χ4v) is 2.38. The molecule has 0 saturated carbocycles. The average Bonchev–Trinajstić information content (AvgIpc) is 2.73. The van der Waals surface area contributed by atoms with E-state index in [2.05, 4.69) is 5.32 Å². The second-order valence-electron chi connectivity index (χ2n) is 8.24. The Bertz CT molecular complexity index is 612. The third-order valence-electron chi connectivity index (χ3n) is 5.12. The zero-order valence-electron chi connectivity index (χ0n) is 16.4. The maximum Gasteiger partial charge on any atom is 0.494 e. The van der Waals surface area contributed by atoms with E-state index in [-0.39, 0.29) is 29.3 Å². The number of carbonyl (C=O) groups excluding carboxylic acids is 1. The first-order valence-electron chi connectivity index (χ1n) is 8.85. The van der Waals surface area contributed by atoms with Crippen LogP contribution < -0.4 is 15.5 Å². The summed E-state index contributed by atoms with van der Waals surface area (Å²) in [5.41, 5.74) is -0.129. The molecule has 25 heavy (non-hydrogen) atoms. The van der Waals surface area contributed by atoms with Crippen molar-refractivity contribution in [2.24, 2.45) is 0 Å². The number of rotatable bonds is 6. The molecule has 1 heterocycles. The molecule has 0 aliphatic carbocycles. The molecule has 1 saturated heterocycles. The van der Waals surface area contributed by atoms with Crippen LogP contribution >= 0.6 is 0 Å². The van der Waals surface area contributed by atoms with Gasteiger partial charge in [-0.3, -0.25) is 4.79 Å². The lowest BCUT2D eigenvalue weighted by molar-refractivity contribution is -0.124. The molecule has 2 rings (SSSR count). The highest BCUT2D eigenvalue weighted by molar-refractivity contribution is 6.62. The maximum absolute atomic E-state index is 12.0. The summed E-state index contributed by atoms with van der Waals surface area (Å²) in [6, 6.07) is 7.51. The molecular formula is C19H30BNO4. The third-order valence-corrected chi connectivity index (χ3v) is 5.12. The van der Waals surface area contributed by atoms with Crippen molar-refractivity contribution < 1.29 is 18.8 Å². The fourth-order valence-electron chi connectivity index (χ4n) is 2.38. The second kappa shape index (κ2) is 7.00. The smallest absolute Gasteiger partial charge is 0.484 e. The van der Waals surface area contributed by atoms with Crippen LogP contribution in [-0.4, -0.2) is 36.4 Å². The van der Waals surface area contributed by atoms with Crippen LogP contribution in [0.1, 0.15) is 54.9 Å². The summed E-state index contributed by atoms with van der Waals surface area (Å²) in [6.07, 6.45) is 0.857. The van der Waals surface area contributed by atoms with Gasteiger partial charge in [-0.05, 0) is 65.6 Å². The highest BCUT2D eigenvalue weighted by atomic mass is 16.7. The second-order valence-corrected chi connectivity index (χ2v) is 8.24. The van der Waals surface area contributed by atoms with Crippen LogP contribution in [0.5, 0.6) is 5.75 Å². The van der Waals surface area contributed by atoms with Gasteiger partial charge in [-0.2, -0.15) is 0 Å². The van der Waals surface area contributed by atoms with Crippen molar-refractivity contribution in [2.45, 2.75) is 71.6 Å². The Kier molecular flexibility index (Phi) is 5.54. The van der Waals surface area contributed by atoms with Crippen molar-refractivity contribution in [3.05, 3.63) is 24.3 Å². The molecule has 0 bridgehead atoms. The summed E-state index contributed by atoms with van der Waals surface area (Å²) in [5.74, 6) is 0.490. The van der Waals surface area contributed by atoms with E-state index >= 15 is 0 Å². The molecule has 0 aromatic heterocycles. The SMILES string of the molecule is CCC(C)(C)NC(=O)COc1cccc(B2OC(C)(C)C(C)(C)O2)c1. The van der Waals surface area contributed by atoms with Crippen LogP contribution in [0.2, 0.25) is 0 Å². The van der Waals surface area contributed by atoms with E-state index in [0.29, 0.717) is 5.75 Å². The quantitative estimate of drug-likeness (QED) is 0.804. The van der Waals surface area contributed by atoms with Gasteiger partial charge in [0.25, 0.3) is 5.91 Å². The Morgan fingerprint density at radius 1 is 1.20 bits per heavy atom. The standard InChI is InChI=1S/C19H30BNO4/c1-8-17(2,3)21-16(22)13-23-15-11-9-10-14(12-15)20-24-18(4,5)19(6,7)25-20/h9-12H,8,13H2,1-7H3,(H,21,22). The van der Waals surface area contributed by atoms with Crippen LogP contribution in [0.15, 0.2) is 24.3 Å². The molecule has 1 amide bonds. The van der Waals surface area contributed by atoms with E-state index < -0.39 is 7.12 Å². The lowest BCUT2D eigenvalue weighted by atomic mass is 9.79. The molecular weight excluding hydrogens is 317 g/mol. The summed E-state index contributed by atoms with van der Waals surface area (Å²) in [6.45, 7) is 14.1. The van der Waals surface area contributed by atoms with E-state index in [9.17, 15) is 4.79 Å². The van der Waals surface area contributed by atoms with Crippen molar-refractivity contribution in [3.8, 4) is 5.75 Å². The van der Waals surface area contributed by atoms with E-state index in [0.717, 1.165) is 11.9 Å². The van der Waals surface area contributed by atoms with Gasteiger partial charge < -0.3 is 19.4 Å². The first kappa shape index (κ1) is 19.8. The number of hydrogen-bond acceptors (Lipinski definition) is 4. The number of hydrogen-bond donors (Lipinski definition) is 1. The van der Waals surface area contributed by atoms with Crippen molar-refractivity contribution in [3.63, 3.8) is 0 Å². The minimum Gasteiger partial charge on any atom is -0.484 e. The fraction of sp³-hybridized carbons (Fsp3) is 0.632. The summed E-state index contributed by atoms with van der Waals surface area (Å²) < 4.78 is 17.7. The van der Waals surface area contributed by atoms with E-state index in [1.54, 1.807) is 0 Å². The van der Waals surface area contributed by atoms with Gasteiger partial charge >= 0.3 is 7.12 Å². The minimum atomic E-state index is -0.443. The molecule has 0 radical (unpaired) electrons. The van der Waals surface area contributed by atoms with Crippen LogP contribution in [0.4, 0.5) is 0 Å². The molecule has 0 unspecified atom stereocenters. The molecule has 0 spiro atoms. The maximum atomic E-state index is 12.0. The Hall–Kier alpha value is -1.53. The van der Waals surface area contributed by atoms with Crippen molar-refractivity contribution in [2.75, 3.05) is 6.61 Å². The molecule has 5 nitrogen and oxygen atoms in total.